The van der Waals surface area contributed by atoms with Crippen LogP contribution in [0.25, 0.3) is 0 Å². The first kappa shape index (κ1) is 14.5. The van der Waals surface area contributed by atoms with E-state index in [1.807, 2.05) is 24.3 Å². The van der Waals surface area contributed by atoms with Gasteiger partial charge in [-0.1, -0.05) is 28.1 Å². The standard InChI is InChI=1S/C16H16BrN3S/c17-11-5-7-12(8-6-11)19-16-13(15(18)21)9-10-3-1-2-4-14(10)20-16/h5-9H,1-4H2,(H2,18,21)(H,19,20). The monoisotopic (exact) mass is 361 g/mol. The second-order valence-electron chi connectivity index (χ2n) is 5.19. The van der Waals surface area contributed by atoms with Gasteiger partial charge in [0.2, 0.25) is 0 Å². The highest BCUT2D eigenvalue weighted by atomic mass is 79.9. The van der Waals surface area contributed by atoms with E-state index in [4.69, 9.17) is 22.9 Å². The zero-order chi connectivity index (χ0) is 14.8. The highest BCUT2D eigenvalue weighted by Crippen LogP contribution is 2.27. The number of benzene rings is 1. The van der Waals surface area contributed by atoms with Gasteiger partial charge in [0.1, 0.15) is 10.8 Å². The smallest absolute Gasteiger partial charge is 0.140 e. The number of nitrogens with zero attached hydrogens (tertiary/aromatic N) is 1. The van der Waals surface area contributed by atoms with Gasteiger partial charge >= 0.3 is 0 Å². The Bertz CT molecular complexity index is 683. The van der Waals surface area contributed by atoms with Gasteiger partial charge in [0.05, 0.1) is 5.56 Å². The molecule has 0 radical (unpaired) electrons. The maximum absolute atomic E-state index is 5.87. The van der Waals surface area contributed by atoms with Crippen LogP contribution in [-0.4, -0.2) is 9.97 Å². The molecular formula is C16H16BrN3S. The fraction of sp³-hybridized carbons (Fsp3) is 0.250. The number of fused-ring (bicyclic) bond motifs is 1. The van der Waals surface area contributed by atoms with Gasteiger partial charge in [0.25, 0.3) is 0 Å². The molecule has 0 aliphatic heterocycles. The number of halogens is 1. The van der Waals surface area contributed by atoms with Crippen molar-refractivity contribution >= 4 is 44.6 Å². The van der Waals surface area contributed by atoms with Gasteiger partial charge in [0.15, 0.2) is 0 Å². The summed E-state index contributed by atoms with van der Waals surface area (Å²) in [4.78, 5) is 5.15. The molecule has 3 nitrogen and oxygen atoms in total. The number of nitrogens with two attached hydrogens (primary N) is 1. The fourth-order valence-electron chi connectivity index (χ4n) is 2.59. The van der Waals surface area contributed by atoms with Gasteiger partial charge in [-0.3, -0.25) is 0 Å². The topological polar surface area (TPSA) is 50.9 Å². The lowest BCUT2D eigenvalue weighted by atomic mass is 9.94. The van der Waals surface area contributed by atoms with Gasteiger partial charge < -0.3 is 11.1 Å². The molecule has 0 amide bonds. The van der Waals surface area contributed by atoms with E-state index >= 15 is 0 Å². The molecule has 3 N–H and O–H groups in total. The summed E-state index contributed by atoms with van der Waals surface area (Å²) in [6, 6.07) is 10.1. The summed E-state index contributed by atoms with van der Waals surface area (Å²) in [7, 11) is 0. The minimum atomic E-state index is 0.385. The normalized spacial score (nSPS) is 13.6. The molecule has 0 unspecified atom stereocenters. The van der Waals surface area contributed by atoms with Gasteiger partial charge in [0, 0.05) is 15.9 Å². The molecule has 0 saturated carbocycles. The molecule has 0 fully saturated rings. The van der Waals surface area contributed by atoms with Crippen LogP contribution < -0.4 is 11.1 Å². The molecule has 1 heterocycles. The minimum Gasteiger partial charge on any atom is -0.389 e. The SMILES string of the molecule is NC(=S)c1cc2c(nc1Nc1ccc(Br)cc1)CCCC2. The summed E-state index contributed by atoms with van der Waals surface area (Å²) in [5.41, 5.74) is 10.1. The first-order valence-electron chi connectivity index (χ1n) is 6.98. The lowest BCUT2D eigenvalue weighted by molar-refractivity contribution is 0.668. The molecule has 0 bridgehead atoms. The van der Waals surface area contributed by atoms with Crippen molar-refractivity contribution in [2.24, 2.45) is 5.73 Å². The maximum Gasteiger partial charge on any atom is 0.140 e. The summed E-state index contributed by atoms with van der Waals surface area (Å²) in [5.74, 6) is 0.755. The van der Waals surface area contributed by atoms with E-state index in [0.717, 1.165) is 34.4 Å². The van der Waals surface area contributed by atoms with E-state index in [2.05, 4.69) is 27.3 Å². The zero-order valence-corrected chi connectivity index (χ0v) is 13.9. The van der Waals surface area contributed by atoms with Crippen molar-refractivity contribution < 1.29 is 0 Å². The van der Waals surface area contributed by atoms with Crippen LogP contribution in [0.2, 0.25) is 0 Å². The predicted molar refractivity (Wildman–Crippen MR) is 94.2 cm³/mol. The number of aromatic nitrogens is 1. The number of nitrogens with one attached hydrogen (secondary N) is 1. The van der Waals surface area contributed by atoms with Crippen molar-refractivity contribution in [1.82, 2.24) is 4.98 Å². The van der Waals surface area contributed by atoms with Crippen LogP contribution >= 0.6 is 28.1 Å². The lowest BCUT2D eigenvalue weighted by Crippen LogP contribution is -2.16. The first-order chi connectivity index (χ1) is 10.1. The van der Waals surface area contributed by atoms with Crippen molar-refractivity contribution in [3.63, 3.8) is 0 Å². The van der Waals surface area contributed by atoms with Crippen LogP contribution in [0.5, 0.6) is 0 Å². The van der Waals surface area contributed by atoms with E-state index in [1.165, 1.54) is 24.1 Å². The third-order valence-corrected chi connectivity index (χ3v) is 4.42. The summed E-state index contributed by atoms with van der Waals surface area (Å²) < 4.78 is 1.04. The van der Waals surface area contributed by atoms with Gasteiger partial charge in [-0.15, -0.1) is 0 Å². The third kappa shape index (κ3) is 3.24. The summed E-state index contributed by atoms with van der Waals surface area (Å²) in [6.45, 7) is 0. The second kappa shape index (κ2) is 6.12. The lowest BCUT2D eigenvalue weighted by Gasteiger charge is -2.19. The molecule has 3 rings (SSSR count). The van der Waals surface area contributed by atoms with E-state index in [9.17, 15) is 0 Å². The molecule has 1 aliphatic rings. The van der Waals surface area contributed by atoms with Gasteiger partial charge in [-0.25, -0.2) is 4.98 Å². The minimum absolute atomic E-state index is 0.385. The molecule has 1 aromatic heterocycles. The molecule has 1 aromatic carbocycles. The molecule has 0 saturated heterocycles. The molecule has 108 valence electrons. The van der Waals surface area contributed by atoms with Crippen molar-refractivity contribution in [1.29, 1.82) is 0 Å². The van der Waals surface area contributed by atoms with Crippen LogP contribution in [0.15, 0.2) is 34.8 Å². The molecule has 2 aromatic rings. The number of pyridine rings is 1. The number of anilines is 2. The van der Waals surface area contributed by atoms with Crippen molar-refractivity contribution in [3.05, 3.63) is 51.6 Å². The Morgan fingerprint density at radius 3 is 2.62 bits per heavy atom. The molecule has 0 atom stereocenters. The van der Waals surface area contributed by atoms with E-state index in [-0.39, 0.29) is 0 Å². The molecule has 5 heteroatoms. The Hall–Kier alpha value is -1.46. The van der Waals surface area contributed by atoms with Crippen molar-refractivity contribution in [2.75, 3.05) is 5.32 Å². The number of aryl methyl sites for hydroxylation is 2. The van der Waals surface area contributed by atoms with Gasteiger partial charge in [-0.05, 0) is 61.6 Å². The van der Waals surface area contributed by atoms with E-state index in [0.29, 0.717) is 4.99 Å². The Morgan fingerprint density at radius 2 is 1.90 bits per heavy atom. The summed E-state index contributed by atoms with van der Waals surface area (Å²) in [5, 5.41) is 3.33. The summed E-state index contributed by atoms with van der Waals surface area (Å²) >= 11 is 8.62. The van der Waals surface area contributed by atoms with Crippen LogP contribution in [0.1, 0.15) is 29.7 Å². The fourth-order valence-corrected chi connectivity index (χ4v) is 3.01. The van der Waals surface area contributed by atoms with E-state index < -0.39 is 0 Å². The Kier molecular flexibility index (Phi) is 4.22. The van der Waals surface area contributed by atoms with E-state index in [1.54, 1.807) is 0 Å². The van der Waals surface area contributed by atoms with Crippen LogP contribution in [-0.2, 0) is 12.8 Å². The van der Waals surface area contributed by atoms with Crippen molar-refractivity contribution in [2.45, 2.75) is 25.7 Å². The highest BCUT2D eigenvalue weighted by molar-refractivity contribution is 9.10. The Labute approximate surface area is 138 Å². The number of hydrogen-bond donors (Lipinski definition) is 2. The Morgan fingerprint density at radius 1 is 1.19 bits per heavy atom. The molecular weight excluding hydrogens is 346 g/mol. The number of rotatable bonds is 3. The van der Waals surface area contributed by atoms with Gasteiger partial charge in [-0.2, -0.15) is 0 Å². The van der Waals surface area contributed by atoms with Crippen LogP contribution in [0.3, 0.4) is 0 Å². The average Bonchev–Trinajstić information content (AvgIpc) is 2.48. The molecule has 1 aliphatic carbocycles. The number of hydrogen-bond acceptors (Lipinski definition) is 3. The first-order valence-corrected chi connectivity index (χ1v) is 8.19. The van der Waals surface area contributed by atoms with Crippen LogP contribution in [0, 0.1) is 0 Å². The highest BCUT2D eigenvalue weighted by Gasteiger charge is 2.16. The van der Waals surface area contributed by atoms with Crippen molar-refractivity contribution in [3.8, 4) is 0 Å². The summed E-state index contributed by atoms with van der Waals surface area (Å²) in [6.07, 6.45) is 4.51. The largest absolute Gasteiger partial charge is 0.389 e. The average molecular weight is 362 g/mol. The molecule has 0 spiro atoms. The third-order valence-electron chi connectivity index (χ3n) is 3.67. The van der Waals surface area contributed by atoms with Crippen LogP contribution in [0.4, 0.5) is 11.5 Å². The zero-order valence-electron chi connectivity index (χ0n) is 11.5. The second-order valence-corrected chi connectivity index (χ2v) is 6.55. The maximum atomic E-state index is 5.87. The molecule has 21 heavy (non-hydrogen) atoms. The predicted octanol–water partition coefficient (Wildman–Crippen LogP) is 4.10. The number of thiocarbonyl (C=S) groups is 1. The quantitative estimate of drug-likeness (QED) is 0.808. The Balaban J connectivity index is 1.99.